The van der Waals surface area contributed by atoms with Crippen LogP contribution in [0.5, 0.6) is 0 Å². The van der Waals surface area contributed by atoms with Crippen LogP contribution in [0, 0.1) is 5.92 Å². The highest BCUT2D eigenvalue weighted by Gasteiger charge is 2.38. The van der Waals surface area contributed by atoms with E-state index < -0.39 is 53.8 Å². The van der Waals surface area contributed by atoms with Gasteiger partial charge in [-0.15, -0.1) is 0 Å². The lowest BCUT2D eigenvalue weighted by atomic mass is 10.0. The first-order valence-electron chi connectivity index (χ1n) is 9.57. The average Bonchev–Trinajstić information content (AvgIpc) is 3.12. The van der Waals surface area contributed by atoms with E-state index in [4.69, 9.17) is 10.8 Å². The minimum atomic E-state index is -1.15. The van der Waals surface area contributed by atoms with E-state index in [2.05, 4.69) is 10.6 Å². The first-order valence-corrected chi connectivity index (χ1v) is 9.57. The molecule has 29 heavy (non-hydrogen) atoms. The molecular formula is C18H30N4O7. The van der Waals surface area contributed by atoms with Gasteiger partial charge in [0, 0.05) is 13.0 Å². The Morgan fingerprint density at radius 1 is 1.10 bits per heavy atom. The van der Waals surface area contributed by atoms with Crippen LogP contribution in [0.4, 0.5) is 0 Å². The third kappa shape index (κ3) is 7.00. The highest BCUT2D eigenvalue weighted by molar-refractivity contribution is 5.94. The summed E-state index contributed by atoms with van der Waals surface area (Å²) >= 11 is 0. The van der Waals surface area contributed by atoms with Crippen LogP contribution < -0.4 is 16.4 Å². The van der Waals surface area contributed by atoms with Gasteiger partial charge in [0.25, 0.3) is 0 Å². The van der Waals surface area contributed by atoms with E-state index in [-0.39, 0.29) is 18.8 Å². The lowest BCUT2D eigenvalue weighted by Crippen LogP contribution is -2.56. The van der Waals surface area contributed by atoms with Gasteiger partial charge in [0.05, 0.1) is 6.04 Å². The maximum atomic E-state index is 12.7. The van der Waals surface area contributed by atoms with Crippen molar-refractivity contribution in [1.82, 2.24) is 15.5 Å². The van der Waals surface area contributed by atoms with Gasteiger partial charge in [0.1, 0.15) is 18.1 Å². The molecular weight excluding hydrogens is 384 g/mol. The molecule has 1 rings (SSSR count). The summed E-state index contributed by atoms with van der Waals surface area (Å²) in [5.74, 6) is -4.25. The summed E-state index contributed by atoms with van der Waals surface area (Å²) in [4.78, 5) is 60.5. The lowest BCUT2D eigenvalue weighted by molar-refractivity contribution is -0.145. The molecule has 0 radical (unpaired) electrons. The van der Waals surface area contributed by atoms with E-state index in [1.807, 2.05) is 0 Å². The van der Waals surface area contributed by atoms with E-state index in [0.29, 0.717) is 19.4 Å². The topological polar surface area (TPSA) is 179 Å². The summed E-state index contributed by atoms with van der Waals surface area (Å²) in [6.07, 6.45) is 0.622. The molecule has 0 bridgehead atoms. The van der Waals surface area contributed by atoms with Crippen LogP contribution in [0.2, 0.25) is 0 Å². The Balaban J connectivity index is 2.71. The summed E-state index contributed by atoms with van der Waals surface area (Å²) < 4.78 is 0. The zero-order valence-electron chi connectivity index (χ0n) is 16.9. The number of amides is 3. The molecule has 6 N–H and O–H groups in total. The molecule has 4 unspecified atom stereocenters. The molecule has 0 aromatic carbocycles. The van der Waals surface area contributed by atoms with Gasteiger partial charge >= 0.3 is 11.9 Å². The number of nitrogens with two attached hydrogens (primary N) is 1. The van der Waals surface area contributed by atoms with Crippen LogP contribution in [-0.2, 0) is 24.0 Å². The zero-order chi connectivity index (χ0) is 22.3. The first-order chi connectivity index (χ1) is 13.5. The van der Waals surface area contributed by atoms with Gasteiger partial charge < -0.3 is 31.5 Å². The van der Waals surface area contributed by atoms with Crippen molar-refractivity contribution >= 4 is 29.7 Å². The Labute approximate surface area is 169 Å². The smallest absolute Gasteiger partial charge is 0.326 e. The first kappa shape index (κ1) is 24.3. The Kier molecular flexibility index (Phi) is 9.02. The molecule has 11 heteroatoms. The maximum absolute atomic E-state index is 12.7. The quantitative estimate of drug-likeness (QED) is 0.299. The van der Waals surface area contributed by atoms with Crippen molar-refractivity contribution in [2.24, 2.45) is 11.7 Å². The maximum Gasteiger partial charge on any atom is 0.326 e. The zero-order valence-corrected chi connectivity index (χ0v) is 16.9. The van der Waals surface area contributed by atoms with Crippen molar-refractivity contribution in [3.63, 3.8) is 0 Å². The Hall–Kier alpha value is -2.69. The molecule has 0 spiro atoms. The highest BCUT2D eigenvalue weighted by Crippen LogP contribution is 2.19. The minimum Gasteiger partial charge on any atom is -0.481 e. The number of aliphatic carboxylic acids is 2. The summed E-state index contributed by atoms with van der Waals surface area (Å²) in [5.41, 5.74) is 5.63. The van der Waals surface area contributed by atoms with E-state index in [1.165, 1.54) is 11.8 Å². The molecule has 11 nitrogen and oxygen atoms in total. The molecule has 164 valence electrons. The van der Waals surface area contributed by atoms with Gasteiger partial charge in [-0.2, -0.15) is 0 Å². The molecule has 1 aliphatic rings. The summed E-state index contributed by atoms with van der Waals surface area (Å²) in [5, 5.41) is 22.8. The second-order valence-electron chi connectivity index (χ2n) is 7.53. The minimum absolute atomic E-state index is 0.0669. The molecule has 0 saturated carbocycles. The summed E-state index contributed by atoms with van der Waals surface area (Å²) in [6, 6.07) is -3.92. The van der Waals surface area contributed by atoms with Gasteiger partial charge in [-0.25, -0.2) is 4.79 Å². The third-order valence-corrected chi connectivity index (χ3v) is 4.80. The van der Waals surface area contributed by atoms with Gasteiger partial charge in [0.2, 0.25) is 17.7 Å². The molecule has 1 heterocycles. The lowest BCUT2D eigenvalue weighted by Gasteiger charge is -2.29. The van der Waals surface area contributed by atoms with E-state index in [1.54, 1.807) is 13.8 Å². The van der Waals surface area contributed by atoms with E-state index >= 15 is 0 Å². The average molecular weight is 414 g/mol. The third-order valence-electron chi connectivity index (χ3n) is 4.80. The fraction of sp³-hybridized carbons (Fsp3) is 0.722. The number of nitrogens with one attached hydrogen (secondary N) is 2. The SMILES string of the molecule is CC(NC(=O)C(N)CCC(=O)O)C(=O)N1CCCC1C(=O)NC(C(=O)O)C(C)C. The number of carbonyl (C=O) groups excluding carboxylic acids is 3. The molecule has 0 aliphatic carbocycles. The normalized spacial score (nSPS) is 19.3. The fourth-order valence-corrected chi connectivity index (χ4v) is 3.11. The van der Waals surface area contributed by atoms with Crippen molar-refractivity contribution in [2.45, 2.75) is 70.6 Å². The van der Waals surface area contributed by atoms with Gasteiger partial charge in [-0.05, 0) is 32.1 Å². The summed E-state index contributed by atoms with van der Waals surface area (Å²) in [7, 11) is 0. The number of nitrogens with zero attached hydrogens (tertiary/aromatic N) is 1. The number of carboxylic acids is 2. The Morgan fingerprint density at radius 3 is 2.24 bits per heavy atom. The van der Waals surface area contributed by atoms with Crippen molar-refractivity contribution < 1.29 is 34.2 Å². The number of carbonyl (C=O) groups is 5. The fourth-order valence-electron chi connectivity index (χ4n) is 3.11. The number of hydrogen-bond donors (Lipinski definition) is 5. The molecule has 1 fully saturated rings. The number of carboxylic acid groups (broad SMARTS) is 2. The predicted molar refractivity (Wildman–Crippen MR) is 102 cm³/mol. The van der Waals surface area contributed by atoms with Crippen LogP contribution in [0.3, 0.4) is 0 Å². The van der Waals surface area contributed by atoms with Gasteiger partial charge in [0.15, 0.2) is 0 Å². The highest BCUT2D eigenvalue weighted by atomic mass is 16.4. The van der Waals surface area contributed by atoms with Crippen LogP contribution >= 0.6 is 0 Å². The molecule has 0 aromatic rings. The standard InChI is InChI=1S/C18H30N4O7/c1-9(2)14(18(28)29)21-16(26)12-5-4-8-22(12)17(27)10(3)20-15(25)11(19)6-7-13(23)24/h9-12,14H,4-8,19H2,1-3H3,(H,20,25)(H,21,26)(H,23,24)(H,28,29). The molecule has 3 amide bonds. The van der Waals surface area contributed by atoms with E-state index in [0.717, 1.165) is 0 Å². The number of likely N-dealkylation sites (tertiary alicyclic amines) is 1. The largest absolute Gasteiger partial charge is 0.481 e. The van der Waals surface area contributed by atoms with Crippen LogP contribution in [0.25, 0.3) is 0 Å². The van der Waals surface area contributed by atoms with Crippen molar-refractivity contribution in [2.75, 3.05) is 6.54 Å². The predicted octanol–water partition coefficient (Wildman–Crippen LogP) is -1.10. The Bertz CT molecular complexity index is 652. The monoisotopic (exact) mass is 414 g/mol. The van der Waals surface area contributed by atoms with Crippen molar-refractivity contribution in [3.8, 4) is 0 Å². The molecule has 4 atom stereocenters. The van der Waals surface area contributed by atoms with Crippen LogP contribution in [0.15, 0.2) is 0 Å². The van der Waals surface area contributed by atoms with Crippen molar-refractivity contribution in [1.29, 1.82) is 0 Å². The second-order valence-corrected chi connectivity index (χ2v) is 7.53. The van der Waals surface area contributed by atoms with Crippen LogP contribution in [-0.4, -0.2) is 75.5 Å². The van der Waals surface area contributed by atoms with Gasteiger partial charge in [-0.3, -0.25) is 19.2 Å². The molecule has 1 aliphatic heterocycles. The summed E-state index contributed by atoms with van der Waals surface area (Å²) in [6.45, 7) is 5.09. The molecule has 1 saturated heterocycles. The Morgan fingerprint density at radius 2 is 1.72 bits per heavy atom. The van der Waals surface area contributed by atoms with Crippen molar-refractivity contribution in [3.05, 3.63) is 0 Å². The molecule has 0 aromatic heterocycles. The second kappa shape index (κ2) is 10.7. The number of rotatable bonds is 10. The van der Waals surface area contributed by atoms with Gasteiger partial charge in [-0.1, -0.05) is 13.8 Å². The number of hydrogen-bond acceptors (Lipinski definition) is 6. The van der Waals surface area contributed by atoms with Crippen LogP contribution in [0.1, 0.15) is 46.5 Å². The van der Waals surface area contributed by atoms with E-state index in [9.17, 15) is 29.1 Å².